The summed E-state index contributed by atoms with van der Waals surface area (Å²) in [4.78, 5) is 12.4. The average Bonchev–Trinajstić information content (AvgIpc) is 3.19. The van der Waals surface area contributed by atoms with E-state index in [1.165, 1.54) is 22.5 Å². The standard InChI is InChI=1S/C16H22Cl2N2O4S/c1-4-20(5-2)25(22,23)11-7-8-14(24-6-3)13(9-11)19-15(21)12-10-16(12,17)18/h7-9,12H,4-6,10H2,1-3H3,(H,19,21). The molecule has 0 bridgehead atoms. The van der Waals surface area contributed by atoms with Crippen molar-refractivity contribution in [2.75, 3.05) is 25.0 Å². The van der Waals surface area contributed by atoms with Gasteiger partial charge in [0.1, 0.15) is 10.1 Å². The lowest BCUT2D eigenvalue weighted by Gasteiger charge is -2.20. The highest BCUT2D eigenvalue weighted by Crippen LogP contribution is 2.53. The largest absolute Gasteiger partial charge is 0.492 e. The van der Waals surface area contributed by atoms with Crippen LogP contribution in [0.15, 0.2) is 23.1 Å². The number of rotatable bonds is 8. The number of anilines is 1. The smallest absolute Gasteiger partial charge is 0.243 e. The van der Waals surface area contributed by atoms with Crippen molar-refractivity contribution in [2.45, 2.75) is 36.4 Å². The van der Waals surface area contributed by atoms with Gasteiger partial charge >= 0.3 is 0 Å². The van der Waals surface area contributed by atoms with Crippen LogP contribution in [0.5, 0.6) is 5.75 Å². The van der Waals surface area contributed by atoms with Crippen molar-refractivity contribution in [1.29, 1.82) is 0 Å². The molecule has 0 radical (unpaired) electrons. The molecule has 0 spiro atoms. The van der Waals surface area contributed by atoms with Crippen molar-refractivity contribution in [3.05, 3.63) is 18.2 Å². The van der Waals surface area contributed by atoms with Gasteiger partial charge < -0.3 is 10.1 Å². The van der Waals surface area contributed by atoms with Crippen LogP contribution in [0.3, 0.4) is 0 Å². The Balaban J connectivity index is 2.35. The van der Waals surface area contributed by atoms with E-state index in [0.29, 0.717) is 31.9 Å². The molecular weight excluding hydrogens is 387 g/mol. The molecule has 1 amide bonds. The molecule has 0 aliphatic heterocycles. The van der Waals surface area contributed by atoms with E-state index in [0.717, 1.165) is 0 Å². The van der Waals surface area contributed by atoms with Gasteiger partial charge in [0.25, 0.3) is 0 Å². The van der Waals surface area contributed by atoms with Crippen molar-refractivity contribution in [3.63, 3.8) is 0 Å². The van der Waals surface area contributed by atoms with Crippen molar-refractivity contribution in [2.24, 2.45) is 5.92 Å². The number of nitrogens with one attached hydrogen (secondary N) is 1. The molecule has 1 saturated carbocycles. The molecule has 0 saturated heterocycles. The predicted molar refractivity (Wildman–Crippen MR) is 98.9 cm³/mol. The number of benzene rings is 1. The first-order valence-electron chi connectivity index (χ1n) is 8.13. The van der Waals surface area contributed by atoms with Crippen molar-refractivity contribution in [3.8, 4) is 5.75 Å². The third kappa shape index (κ3) is 4.39. The van der Waals surface area contributed by atoms with Crippen molar-refractivity contribution < 1.29 is 17.9 Å². The van der Waals surface area contributed by atoms with Crippen LogP contribution < -0.4 is 10.1 Å². The number of carbonyl (C=O) groups excluding carboxylic acids is 1. The van der Waals surface area contributed by atoms with E-state index < -0.39 is 20.3 Å². The van der Waals surface area contributed by atoms with Crippen molar-refractivity contribution in [1.82, 2.24) is 4.31 Å². The SMILES string of the molecule is CCOc1ccc(S(=O)(=O)N(CC)CC)cc1NC(=O)C1CC1(Cl)Cl. The lowest BCUT2D eigenvalue weighted by atomic mass is 10.2. The predicted octanol–water partition coefficient (Wildman–Crippen LogP) is 3.25. The van der Waals surface area contributed by atoms with Gasteiger partial charge in [-0.1, -0.05) is 13.8 Å². The topological polar surface area (TPSA) is 75.7 Å². The number of hydrogen-bond donors (Lipinski definition) is 1. The fourth-order valence-electron chi connectivity index (χ4n) is 2.48. The summed E-state index contributed by atoms with van der Waals surface area (Å²) in [6.45, 7) is 6.44. The van der Waals surface area contributed by atoms with E-state index in [1.807, 2.05) is 0 Å². The Labute approximate surface area is 158 Å². The molecule has 1 aromatic carbocycles. The Morgan fingerprint density at radius 1 is 1.32 bits per heavy atom. The summed E-state index contributed by atoms with van der Waals surface area (Å²) in [7, 11) is -3.64. The minimum absolute atomic E-state index is 0.0914. The number of carbonyl (C=O) groups is 1. The van der Waals surface area contributed by atoms with E-state index in [-0.39, 0.29) is 16.5 Å². The third-order valence-electron chi connectivity index (χ3n) is 3.99. The molecule has 1 unspecified atom stereocenters. The lowest BCUT2D eigenvalue weighted by Crippen LogP contribution is -2.30. The van der Waals surface area contributed by atoms with Gasteiger partial charge in [-0.25, -0.2) is 8.42 Å². The minimum atomic E-state index is -3.64. The summed E-state index contributed by atoms with van der Waals surface area (Å²) in [5.74, 6) is -0.485. The van der Waals surface area contributed by atoms with Crippen LogP contribution in [0.1, 0.15) is 27.2 Å². The molecule has 2 rings (SSSR count). The summed E-state index contributed by atoms with van der Waals surface area (Å²) in [6, 6.07) is 4.42. The maximum atomic E-state index is 12.7. The van der Waals surface area contributed by atoms with Gasteiger partial charge in [-0.15, -0.1) is 23.2 Å². The summed E-state index contributed by atoms with van der Waals surface area (Å²) in [5.41, 5.74) is 0.288. The molecule has 0 aromatic heterocycles. The molecule has 1 fully saturated rings. The van der Waals surface area contributed by atoms with Crippen LogP contribution in [0.4, 0.5) is 5.69 Å². The van der Waals surface area contributed by atoms with Gasteiger partial charge in [0, 0.05) is 13.1 Å². The van der Waals surface area contributed by atoms with Crippen LogP contribution in [0, 0.1) is 5.92 Å². The number of ether oxygens (including phenoxy) is 1. The third-order valence-corrected chi connectivity index (χ3v) is 6.88. The second kappa shape index (κ2) is 7.70. The minimum Gasteiger partial charge on any atom is -0.492 e. The van der Waals surface area contributed by atoms with Crippen LogP contribution >= 0.6 is 23.2 Å². The maximum Gasteiger partial charge on any atom is 0.243 e. The summed E-state index contributed by atoms with van der Waals surface area (Å²) >= 11 is 11.8. The zero-order valence-corrected chi connectivity index (χ0v) is 16.7. The van der Waals surface area contributed by atoms with E-state index in [9.17, 15) is 13.2 Å². The lowest BCUT2D eigenvalue weighted by molar-refractivity contribution is -0.117. The first-order valence-corrected chi connectivity index (χ1v) is 10.3. The molecule has 1 N–H and O–H groups in total. The maximum absolute atomic E-state index is 12.7. The highest BCUT2D eigenvalue weighted by Gasteiger charge is 2.56. The second-order valence-corrected chi connectivity index (χ2v) is 9.17. The molecule has 1 atom stereocenters. The van der Waals surface area contributed by atoms with Crippen molar-refractivity contribution >= 4 is 44.8 Å². The number of sulfonamides is 1. The monoisotopic (exact) mass is 408 g/mol. The Bertz CT molecular complexity index is 749. The average molecular weight is 409 g/mol. The van der Waals surface area contributed by atoms with Gasteiger partial charge in [-0.05, 0) is 31.5 Å². The van der Waals surface area contributed by atoms with E-state index in [2.05, 4.69) is 5.32 Å². The Morgan fingerprint density at radius 2 is 1.92 bits per heavy atom. The quantitative estimate of drug-likeness (QED) is 0.669. The van der Waals surface area contributed by atoms with Crippen LogP contribution in [-0.4, -0.2) is 42.7 Å². The summed E-state index contributed by atoms with van der Waals surface area (Å²) < 4.78 is 31.1. The fraction of sp³-hybridized carbons (Fsp3) is 0.562. The van der Waals surface area contributed by atoms with Gasteiger partial charge in [-0.3, -0.25) is 4.79 Å². The first-order chi connectivity index (χ1) is 11.7. The van der Waals surface area contributed by atoms with E-state index in [1.54, 1.807) is 20.8 Å². The Hall–Kier alpha value is -1.02. The van der Waals surface area contributed by atoms with Gasteiger partial charge in [0.05, 0.1) is 23.1 Å². The molecule has 6 nitrogen and oxygen atoms in total. The number of amides is 1. The molecule has 25 heavy (non-hydrogen) atoms. The Kier molecular flexibility index (Phi) is 6.25. The van der Waals surface area contributed by atoms with Gasteiger partial charge in [0.15, 0.2) is 0 Å². The van der Waals surface area contributed by atoms with Crippen LogP contribution in [-0.2, 0) is 14.8 Å². The number of alkyl halides is 2. The molecule has 1 aromatic rings. The molecule has 1 aliphatic carbocycles. The van der Waals surface area contributed by atoms with E-state index >= 15 is 0 Å². The van der Waals surface area contributed by atoms with Gasteiger partial charge in [0.2, 0.25) is 15.9 Å². The molecular formula is C16H22Cl2N2O4S. The van der Waals surface area contributed by atoms with Crippen LogP contribution in [0.25, 0.3) is 0 Å². The normalized spacial score (nSPS) is 18.9. The number of halogens is 2. The number of hydrogen-bond acceptors (Lipinski definition) is 4. The van der Waals surface area contributed by atoms with Gasteiger partial charge in [-0.2, -0.15) is 4.31 Å². The Morgan fingerprint density at radius 3 is 2.40 bits per heavy atom. The highest BCUT2D eigenvalue weighted by atomic mass is 35.5. The molecule has 1 aliphatic rings. The fourth-order valence-corrected chi connectivity index (χ4v) is 4.47. The highest BCUT2D eigenvalue weighted by molar-refractivity contribution is 7.89. The number of nitrogens with zero attached hydrogens (tertiary/aromatic N) is 1. The first kappa shape index (κ1) is 20.3. The summed E-state index contributed by atoms with van der Waals surface area (Å²) in [6.07, 6.45) is 0.364. The van der Waals surface area contributed by atoms with Crippen LogP contribution in [0.2, 0.25) is 0 Å². The zero-order chi connectivity index (χ0) is 18.8. The zero-order valence-electron chi connectivity index (χ0n) is 14.4. The summed E-state index contributed by atoms with van der Waals surface area (Å²) in [5, 5.41) is 2.68. The molecule has 9 heteroatoms. The molecule has 140 valence electrons. The second-order valence-electron chi connectivity index (χ2n) is 5.69. The van der Waals surface area contributed by atoms with E-state index in [4.69, 9.17) is 27.9 Å². The molecule has 0 heterocycles.